The Labute approximate surface area is 226 Å². The number of thiazole rings is 1. The molecule has 2 aromatic heterocycles. The summed E-state index contributed by atoms with van der Waals surface area (Å²) in [5.74, 6) is -3.60. The lowest BCUT2D eigenvalue weighted by Crippen LogP contribution is -2.71. The minimum atomic E-state index is -1.32. The van der Waals surface area contributed by atoms with Crippen molar-refractivity contribution in [2.24, 2.45) is 5.16 Å². The monoisotopic (exact) mass is 581 g/mol. The molecule has 2 unspecified atom stereocenters. The SMILES string of the molecule is C=CC(C(=O)O)n1nnnc1SCC1=C(C(=O)O)N2C(=O)C(NC(=O)/C(=N/OC)c3csc(N)n3)[C@H]2SC1. The zero-order valence-electron chi connectivity index (χ0n) is 19.4. The number of fused-ring (bicyclic) bond motifs is 1. The van der Waals surface area contributed by atoms with Gasteiger partial charge in [-0.25, -0.2) is 19.3 Å². The van der Waals surface area contributed by atoms with E-state index in [4.69, 9.17) is 10.6 Å². The maximum atomic E-state index is 13.0. The number of oxime groups is 1. The van der Waals surface area contributed by atoms with Crippen LogP contribution in [0.15, 0.2) is 39.6 Å². The van der Waals surface area contributed by atoms with Crippen LogP contribution >= 0.6 is 34.9 Å². The summed E-state index contributed by atoms with van der Waals surface area (Å²) in [4.78, 5) is 59.2. The zero-order valence-corrected chi connectivity index (χ0v) is 21.8. The third-order valence-corrected chi connectivity index (χ3v) is 8.31. The predicted molar refractivity (Wildman–Crippen MR) is 135 cm³/mol. The summed E-state index contributed by atoms with van der Waals surface area (Å²) in [5, 5.41) is 37.6. The molecule has 0 radical (unpaired) electrons. The molecule has 19 heteroatoms. The van der Waals surface area contributed by atoms with E-state index in [-0.39, 0.29) is 38.9 Å². The Morgan fingerprint density at radius 3 is 2.82 bits per heavy atom. The number of carbonyl (C=O) groups excluding carboxylic acids is 2. The van der Waals surface area contributed by atoms with Crippen LogP contribution in [-0.2, 0) is 24.0 Å². The van der Waals surface area contributed by atoms with E-state index in [0.29, 0.717) is 5.57 Å². The Kier molecular flexibility index (Phi) is 7.97. The van der Waals surface area contributed by atoms with Gasteiger partial charge in [-0.1, -0.05) is 23.0 Å². The molecule has 0 aromatic carbocycles. The molecule has 0 aliphatic carbocycles. The molecular formula is C19H19N9O7S3. The fraction of sp³-hybridized carbons (Fsp3) is 0.316. The van der Waals surface area contributed by atoms with E-state index >= 15 is 0 Å². The molecule has 200 valence electrons. The highest BCUT2D eigenvalue weighted by Gasteiger charge is 2.54. The lowest BCUT2D eigenvalue weighted by atomic mass is 10.0. The van der Waals surface area contributed by atoms with Gasteiger partial charge in [0.25, 0.3) is 11.8 Å². The van der Waals surface area contributed by atoms with Crippen molar-refractivity contribution in [3.63, 3.8) is 0 Å². The van der Waals surface area contributed by atoms with Gasteiger partial charge in [0.15, 0.2) is 16.9 Å². The summed E-state index contributed by atoms with van der Waals surface area (Å²) < 4.78 is 1.05. The topological polar surface area (TPSA) is 228 Å². The van der Waals surface area contributed by atoms with E-state index < -0.39 is 41.2 Å². The van der Waals surface area contributed by atoms with Gasteiger partial charge in [0.05, 0.1) is 0 Å². The van der Waals surface area contributed by atoms with Crippen LogP contribution in [0.3, 0.4) is 0 Å². The molecular weight excluding hydrogens is 562 g/mol. The number of hydrogen-bond acceptors (Lipinski definition) is 14. The quantitative estimate of drug-likeness (QED) is 0.0854. The number of nitrogens with one attached hydrogen (secondary N) is 1. The number of nitrogens with zero attached hydrogens (tertiary/aromatic N) is 7. The van der Waals surface area contributed by atoms with Gasteiger partial charge in [0, 0.05) is 16.9 Å². The third kappa shape index (κ3) is 5.07. The normalized spacial score (nSPS) is 19.9. The van der Waals surface area contributed by atoms with Crippen LogP contribution in [0.1, 0.15) is 11.7 Å². The minimum absolute atomic E-state index is 0.0713. The highest BCUT2D eigenvalue weighted by Crippen LogP contribution is 2.41. The van der Waals surface area contributed by atoms with Crippen molar-refractivity contribution in [3.05, 3.63) is 35.0 Å². The Morgan fingerprint density at radius 1 is 1.45 bits per heavy atom. The number of aromatic nitrogens is 5. The molecule has 0 saturated carbocycles. The number of carboxylic acids is 2. The standard InChI is InChI=1S/C19H19N9O7S3/c1-3-9(16(31)32)28-19(23-25-26-28)38-5-7-4-36-15-11(14(30)27(15)12(7)17(33)34)22-13(29)10(24-35-2)8-6-37-18(20)21-8/h3,6,9,11,15H,1,4-5H2,2H3,(H2,20,21)(H,22,29)(H,31,32)(H,33,34)/b24-10+/t9?,11?,15-/m1/s1. The van der Waals surface area contributed by atoms with Crippen molar-refractivity contribution < 1.29 is 34.2 Å². The lowest BCUT2D eigenvalue weighted by molar-refractivity contribution is -0.150. The smallest absolute Gasteiger partial charge is 0.352 e. The number of amides is 2. The molecule has 5 N–H and O–H groups in total. The first-order valence-electron chi connectivity index (χ1n) is 10.5. The molecule has 2 aliphatic heterocycles. The summed E-state index contributed by atoms with van der Waals surface area (Å²) in [6, 6.07) is -2.22. The fourth-order valence-corrected chi connectivity index (χ4v) is 6.55. The van der Waals surface area contributed by atoms with E-state index in [2.05, 4.69) is 37.6 Å². The fourth-order valence-electron chi connectivity index (χ4n) is 3.61. The number of nitrogen functional groups attached to an aromatic ring is 1. The molecule has 38 heavy (non-hydrogen) atoms. The van der Waals surface area contributed by atoms with Gasteiger partial charge in [-0.3, -0.25) is 14.5 Å². The average Bonchev–Trinajstić information content (AvgIpc) is 3.52. The first kappa shape index (κ1) is 27.1. The van der Waals surface area contributed by atoms with Crippen molar-refractivity contribution >= 4 is 69.5 Å². The van der Waals surface area contributed by atoms with Crippen LogP contribution in [0.2, 0.25) is 0 Å². The van der Waals surface area contributed by atoms with Gasteiger partial charge in [0.1, 0.15) is 29.9 Å². The summed E-state index contributed by atoms with van der Waals surface area (Å²) >= 11 is 3.38. The number of tetrazole rings is 1. The maximum Gasteiger partial charge on any atom is 0.352 e. The second-order valence-electron chi connectivity index (χ2n) is 7.53. The average molecular weight is 582 g/mol. The molecule has 0 spiro atoms. The summed E-state index contributed by atoms with van der Waals surface area (Å²) in [6.45, 7) is 3.47. The first-order valence-corrected chi connectivity index (χ1v) is 13.4. The highest BCUT2D eigenvalue weighted by molar-refractivity contribution is 8.01. The third-order valence-electron chi connectivity index (χ3n) is 5.28. The number of anilines is 1. The largest absolute Gasteiger partial charge is 0.479 e. The summed E-state index contributed by atoms with van der Waals surface area (Å²) in [6.07, 6.45) is 1.16. The number of β-lactam (4-membered cyclic amide) rings is 1. The van der Waals surface area contributed by atoms with E-state index in [1.165, 1.54) is 24.3 Å². The van der Waals surface area contributed by atoms with Crippen LogP contribution in [0.4, 0.5) is 5.13 Å². The zero-order chi connectivity index (χ0) is 27.6. The summed E-state index contributed by atoms with van der Waals surface area (Å²) in [5.41, 5.74) is 5.80. The van der Waals surface area contributed by atoms with Gasteiger partial charge in [-0.2, -0.15) is 0 Å². The molecule has 4 heterocycles. The van der Waals surface area contributed by atoms with Crippen molar-refractivity contribution in [2.45, 2.75) is 22.6 Å². The van der Waals surface area contributed by atoms with Crippen LogP contribution in [0.25, 0.3) is 0 Å². The second-order valence-corrected chi connectivity index (χ2v) is 10.5. The molecule has 2 aromatic rings. The van der Waals surface area contributed by atoms with Gasteiger partial charge < -0.3 is 26.1 Å². The number of carbonyl (C=O) groups is 4. The van der Waals surface area contributed by atoms with Gasteiger partial charge in [-0.15, -0.1) is 34.8 Å². The predicted octanol–water partition coefficient (Wildman–Crippen LogP) is -0.595. The number of rotatable bonds is 11. The Morgan fingerprint density at radius 2 is 2.21 bits per heavy atom. The van der Waals surface area contributed by atoms with Crippen LogP contribution in [0, 0.1) is 0 Å². The number of hydrogen-bond donors (Lipinski definition) is 4. The summed E-state index contributed by atoms with van der Waals surface area (Å²) in [7, 11) is 1.25. The van der Waals surface area contributed by atoms with Gasteiger partial charge in [0.2, 0.25) is 5.16 Å². The van der Waals surface area contributed by atoms with Crippen molar-refractivity contribution in [2.75, 3.05) is 24.3 Å². The molecule has 1 fully saturated rings. The molecule has 0 bridgehead atoms. The highest BCUT2D eigenvalue weighted by atomic mass is 32.2. The van der Waals surface area contributed by atoms with Crippen molar-refractivity contribution in [1.29, 1.82) is 0 Å². The second kappa shape index (κ2) is 11.2. The van der Waals surface area contributed by atoms with Crippen LogP contribution in [-0.4, -0.2) is 99.8 Å². The van der Waals surface area contributed by atoms with Crippen LogP contribution < -0.4 is 11.1 Å². The van der Waals surface area contributed by atoms with E-state index in [0.717, 1.165) is 38.8 Å². The van der Waals surface area contributed by atoms with E-state index in [1.54, 1.807) is 0 Å². The maximum absolute atomic E-state index is 13.0. The Bertz CT molecular complexity index is 1370. The van der Waals surface area contributed by atoms with E-state index in [1.807, 2.05) is 0 Å². The first-order chi connectivity index (χ1) is 18.2. The minimum Gasteiger partial charge on any atom is -0.479 e. The molecule has 2 aliphatic rings. The molecule has 2 amide bonds. The van der Waals surface area contributed by atoms with E-state index in [9.17, 15) is 29.4 Å². The van der Waals surface area contributed by atoms with Crippen molar-refractivity contribution in [1.82, 2.24) is 35.4 Å². The van der Waals surface area contributed by atoms with Gasteiger partial charge in [-0.05, 0) is 16.0 Å². The number of nitrogens with two attached hydrogens (primary N) is 1. The van der Waals surface area contributed by atoms with Gasteiger partial charge >= 0.3 is 11.9 Å². The van der Waals surface area contributed by atoms with Crippen LogP contribution in [0.5, 0.6) is 0 Å². The molecule has 3 atom stereocenters. The Hall–Kier alpha value is -3.97. The molecule has 4 rings (SSSR count). The van der Waals surface area contributed by atoms with Crippen molar-refractivity contribution in [3.8, 4) is 0 Å². The number of thioether (sulfide) groups is 2. The molecule has 16 nitrogen and oxygen atoms in total. The Balaban J connectivity index is 1.50. The number of carboxylic acid groups (broad SMARTS) is 2. The number of aliphatic carboxylic acids is 2. The molecule has 1 saturated heterocycles. The lowest BCUT2D eigenvalue weighted by Gasteiger charge is -2.49.